The average Bonchev–Trinajstić information content (AvgIpc) is 2.25. The molecule has 0 saturated carbocycles. The van der Waals surface area contributed by atoms with Gasteiger partial charge in [0.05, 0.1) is 6.61 Å². The largest absolute Gasteiger partial charge is 0.383 e. The van der Waals surface area contributed by atoms with Gasteiger partial charge in [-0.15, -0.1) is 0 Å². The number of ether oxygens (including phenoxy) is 1. The van der Waals surface area contributed by atoms with E-state index in [1.807, 2.05) is 0 Å². The highest BCUT2D eigenvalue weighted by atomic mass is 16.5. The summed E-state index contributed by atoms with van der Waals surface area (Å²) in [5.74, 6) is 0. The molecule has 0 aromatic carbocycles. The van der Waals surface area contributed by atoms with Gasteiger partial charge < -0.3 is 10.1 Å². The summed E-state index contributed by atoms with van der Waals surface area (Å²) in [6.07, 6.45) is 9.17. The third-order valence-corrected chi connectivity index (χ3v) is 3.02. The summed E-state index contributed by atoms with van der Waals surface area (Å²) < 4.78 is 5.24. The highest BCUT2D eigenvalue weighted by molar-refractivity contribution is 4.70. The Labute approximate surface area is 102 Å². The summed E-state index contributed by atoms with van der Waals surface area (Å²) in [7, 11) is 1.79. The van der Waals surface area contributed by atoms with Crippen LogP contribution in [0.2, 0.25) is 0 Å². The van der Waals surface area contributed by atoms with Crippen molar-refractivity contribution in [1.82, 2.24) is 5.32 Å². The Balaban J connectivity index is 3.59. The number of nitrogens with one attached hydrogen (secondary N) is 1. The first-order valence-corrected chi connectivity index (χ1v) is 6.99. The van der Waals surface area contributed by atoms with E-state index in [9.17, 15) is 0 Å². The predicted octanol–water partition coefficient (Wildman–Crippen LogP) is 3.75. The molecule has 0 fully saturated rings. The van der Waals surface area contributed by atoms with Crippen molar-refractivity contribution in [1.29, 1.82) is 0 Å². The third-order valence-electron chi connectivity index (χ3n) is 3.02. The lowest BCUT2D eigenvalue weighted by atomic mass is 10.1. The summed E-state index contributed by atoms with van der Waals surface area (Å²) in [6, 6.07) is 1.17. The van der Waals surface area contributed by atoms with E-state index >= 15 is 0 Å². The van der Waals surface area contributed by atoms with Gasteiger partial charge in [0.15, 0.2) is 0 Å². The molecule has 98 valence electrons. The SMILES string of the molecule is CCCCCCC(C)NC(CCC)COC. The quantitative estimate of drug-likeness (QED) is 0.545. The van der Waals surface area contributed by atoms with E-state index in [1.54, 1.807) is 7.11 Å². The zero-order valence-corrected chi connectivity index (χ0v) is 11.7. The number of hydrogen-bond donors (Lipinski definition) is 1. The lowest BCUT2D eigenvalue weighted by Crippen LogP contribution is -2.39. The van der Waals surface area contributed by atoms with Gasteiger partial charge in [0.25, 0.3) is 0 Å². The zero-order valence-electron chi connectivity index (χ0n) is 11.7. The van der Waals surface area contributed by atoms with Crippen LogP contribution in [0.1, 0.15) is 65.7 Å². The fourth-order valence-electron chi connectivity index (χ4n) is 2.13. The van der Waals surface area contributed by atoms with E-state index in [4.69, 9.17) is 4.74 Å². The minimum Gasteiger partial charge on any atom is -0.383 e. The lowest BCUT2D eigenvalue weighted by molar-refractivity contribution is 0.156. The van der Waals surface area contributed by atoms with Crippen LogP contribution < -0.4 is 5.32 Å². The van der Waals surface area contributed by atoms with Crippen LogP contribution >= 0.6 is 0 Å². The Morgan fingerprint density at radius 3 is 2.31 bits per heavy atom. The second kappa shape index (κ2) is 11.4. The highest BCUT2D eigenvalue weighted by Gasteiger charge is 2.10. The normalized spacial score (nSPS) is 15.0. The first-order valence-electron chi connectivity index (χ1n) is 6.99. The van der Waals surface area contributed by atoms with E-state index in [1.165, 1.54) is 44.9 Å². The Bertz CT molecular complexity index is 133. The molecule has 0 radical (unpaired) electrons. The van der Waals surface area contributed by atoms with E-state index in [2.05, 4.69) is 26.1 Å². The fourth-order valence-corrected chi connectivity index (χ4v) is 2.13. The molecule has 0 spiro atoms. The second-order valence-electron chi connectivity index (χ2n) is 4.86. The Kier molecular flexibility index (Phi) is 11.3. The topological polar surface area (TPSA) is 21.3 Å². The molecule has 2 atom stereocenters. The highest BCUT2D eigenvalue weighted by Crippen LogP contribution is 2.07. The van der Waals surface area contributed by atoms with Gasteiger partial charge in [-0.05, 0) is 19.8 Å². The molecule has 0 aromatic rings. The maximum absolute atomic E-state index is 5.24. The summed E-state index contributed by atoms with van der Waals surface area (Å²) in [4.78, 5) is 0. The molecule has 0 bridgehead atoms. The molecule has 0 aromatic heterocycles. The van der Waals surface area contributed by atoms with Crippen LogP contribution in [-0.4, -0.2) is 25.8 Å². The number of unbranched alkanes of at least 4 members (excludes halogenated alkanes) is 3. The summed E-state index contributed by atoms with van der Waals surface area (Å²) >= 11 is 0. The molecule has 2 unspecified atom stereocenters. The van der Waals surface area contributed by atoms with Crippen molar-refractivity contribution in [3.63, 3.8) is 0 Å². The van der Waals surface area contributed by atoms with Gasteiger partial charge >= 0.3 is 0 Å². The molecule has 0 saturated heterocycles. The summed E-state index contributed by atoms with van der Waals surface area (Å²) in [5.41, 5.74) is 0. The van der Waals surface area contributed by atoms with Crippen molar-refractivity contribution in [2.75, 3.05) is 13.7 Å². The third kappa shape index (κ3) is 9.17. The first-order chi connectivity index (χ1) is 7.74. The first kappa shape index (κ1) is 15.9. The van der Waals surface area contributed by atoms with Gasteiger partial charge in [0.2, 0.25) is 0 Å². The van der Waals surface area contributed by atoms with Crippen molar-refractivity contribution in [2.45, 2.75) is 77.8 Å². The molecule has 0 aliphatic carbocycles. The van der Waals surface area contributed by atoms with Crippen molar-refractivity contribution in [3.05, 3.63) is 0 Å². The minimum absolute atomic E-state index is 0.538. The van der Waals surface area contributed by atoms with Crippen LogP contribution in [0.3, 0.4) is 0 Å². The van der Waals surface area contributed by atoms with Gasteiger partial charge in [-0.1, -0.05) is 46.0 Å². The second-order valence-corrected chi connectivity index (χ2v) is 4.86. The van der Waals surface area contributed by atoms with Crippen LogP contribution in [0.15, 0.2) is 0 Å². The van der Waals surface area contributed by atoms with Crippen molar-refractivity contribution in [2.24, 2.45) is 0 Å². The molecular weight excluding hydrogens is 198 g/mol. The minimum atomic E-state index is 0.538. The van der Waals surface area contributed by atoms with Crippen LogP contribution in [0.4, 0.5) is 0 Å². The molecule has 2 nitrogen and oxygen atoms in total. The maximum atomic E-state index is 5.24. The van der Waals surface area contributed by atoms with Crippen molar-refractivity contribution in [3.8, 4) is 0 Å². The Hall–Kier alpha value is -0.0800. The molecular formula is C14H31NO. The van der Waals surface area contributed by atoms with Gasteiger partial charge in [-0.2, -0.15) is 0 Å². The molecule has 0 rings (SSSR count). The smallest absolute Gasteiger partial charge is 0.0615 e. The molecule has 0 aliphatic rings. The Morgan fingerprint density at radius 1 is 1.00 bits per heavy atom. The molecule has 1 N–H and O–H groups in total. The monoisotopic (exact) mass is 229 g/mol. The van der Waals surface area contributed by atoms with Gasteiger partial charge in [-0.25, -0.2) is 0 Å². The zero-order chi connectivity index (χ0) is 12.2. The number of rotatable bonds is 11. The number of hydrogen-bond acceptors (Lipinski definition) is 2. The van der Waals surface area contributed by atoms with Gasteiger partial charge in [-0.3, -0.25) is 0 Å². The number of methoxy groups -OCH3 is 1. The van der Waals surface area contributed by atoms with Crippen LogP contribution in [0, 0.1) is 0 Å². The van der Waals surface area contributed by atoms with Gasteiger partial charge in [0.1, 0.15) is 0 Å². The maximum Gasteiger partial charge on any atom is 0.0615 e. The van der Waals surface area contributed by atoms with E-state index in [0.717, 1.165) is 6.61 Å². The summed E-state index contributed by atoms with van der Waals surface area (Å²) in [5, 5.41) is 3.67. The summed E-state index contributed by atoms with van der Waals surface area (Å²) in [6.45, 7) is 7.63. The van der Waals surface area contributed by atoms with Crippen molar-refractivity contribution >= 4 is 0 Å². The standard InChI is InChI=1S/C14H31NO/c1-5-7-8-9-11-13(3)15-14(10-6-2)12-16-4/h13-15H,5-12H2,1-4H3. The molecule has 0 heterocycles. The molecule has 0 amide bonds. The van der Waals surface area contributed by atoms with Gasteiger partial charge in [0, 0.05) is 19.2 Å². The fraction of sp³-hybridized carbons (Fsp3) is 1.00. The van der Waals surface area contributed by atoms with E-state index in [-0.39, 0.29) is 0 Å². The van der Waals surface area contributed by atoms with Crippen molar-refractivity contribution < 1.29 is 4.74 Å². The Morgan fingerprint density at radius 2 is 1.75 bits per heavy atom. The molecule has 0 aliphatic heterocycles. The van der Waals surface area contributed by atoms with Crippen LogP contribution in [0.5, 0.6) is 0 Å². The van der Waals surface area contributed by atoms with Crippen LogP contribution in [-0.2, 0) is 4.74 Å². The van der Waals surface area contributed by atoms with E-state index in [0.29, 0.717) is 12.1 Å². The lowest BCUT2D eigenvalue weighted by Gasteiger charge is -2.22. The van der Waals surface area contributed by atoms with E-state index < -0.39 is 0 Å². The predicted molar refractivity (Wildman–Crippen MR) is 71.9 cm³/mol. The molecule has 2 heteroatoms. The average molecular weight is 229 g/mol. The molecule has 16 heavy (non-hydrogen) atoms. The van der Waals surface area contributed by atoms with Crippen LogP contribution in [0.25, 0.3) is 0 Å².